The summed E-state index contributed by atoms with van der Waals surface area (Å²) in [6, 6.07) is 9.21. The van der Waals surface area contributed by atoms with E-state index >= 15 is 0 Å². The zero-order valence-corrected chi connectivity index (χ0v) is 8.94. The minimum atomic E-state index is -3.43. The molecular weight excluding hydrogens is 214 g/mol. The molecule has 0 aromatic heterocycles. The van der Waals surface area contributed by atoms with E-state index < -0.39 is 10.0 Å². The molecule has 0 aliphatic heterocycles. The molecule has 5 heteroatoms. The molecule has 0 heterocycles. The molecule has 1 aromatic rings. The summed E-state index contributed by atoms with van der Waals surface area (Å²) in [5.74, 6) is 0. The molecule has 82 valence electrons. The normalized spacial score (nSPS) is 12.1. The zero-order chi connectivity index (χ0) is 11.1. The third kappa shape index (κ3) is 4.73. The fourth-order valence-corrected chi connectivity index (χ4v) is 1.80. The van der Waals surface area contributed by atoms with E-state index in [0.717, 1.165) is 11.0 Å². The molecule has 0 unspecified atom stereocenters. The van der Waals surface area contributed by atoms with Crippen molar-refractivity contribution >= 4 is 10.0 Å². The lowest BCUT2D eigenvalue weighted by atomic mass is 10.2. The number of rotatable bonds is 5. The van der Waals surface area contributed by atoms with Gasteiger partial charge in [0.05, 0.1) is 6.61 Å². The average Bonchev–Trinajstić information content (AvgIpc) is 2.25. The van der Waals surface area contributed by atoms with Crippen molar-refractivity contribution < 1.29 is 13.5 Å². The number of aliphatic hydroxyl groups excluding tert-OH is 1. The van der Waals surface area contributed by atoms with E-state index in [1.54, 1.807) is 0 Å². The Balaban J connectivity index is 2.54. The van der Waals surface area contributed by atoms with Crippen LogP contribution >= 0.6 is 0 Å². The first-order chi connectivity index (χ1) is 7.14. The molecule has 1 aromatic carbocycles. The first-order valence-corrected chi connectivity index (χ1v) is 6.00. The largest absolute Gasteiger partial charge is 0.392 e. The molecule has 0 amide bonds. The van der Waals surface area contributed by atoms with E-state index in [1.807, 2.05) is 30.3 Å². The molecule has 4 nitrogen and oxygen atoms in total. The Kier molecular flexibility index (Phi) is 4.48. The van der Waals surface area contributed by atoms with Crippen LogP contribution in [0.2, 0.25) is 0 Å². The number of sulfonamides is 1. The van der Waals surface area contributed by atoms with Crippen LogP contribution in [0, 0.1) is 0 Å². The van der Waals surface area contributed by atoms with E-state index in [-0.39, 0.29) is 13.2 Å². The molecular formula is C10H13NO3S. The minimum absolute atomic E-state index is 0.249. The van der Waals surface area contributed by atoms with Crippen molar-refractivity contribution in [3.8, 4) is 0 Å². The molecule has 0 spiro atoms. The molecule has 0 bridgehead atoms. The monoisotopic (exact) mass is 227 g/mol. The second kappa shape index (κ2) is 5.65. The molecule has 0 fully saturated rings. The first-order valence-electron chi connectivity index (χ1n) is 4.45. The topological polar surface area (TPSA) is 66.4 Å². The number of benzene rings is 1. The molecule has 0 radical (unpaired) electrons. The second-order valence-electron chi connectivity index (χ2n) is 2.91. The maximum absolute atomic E-state index is 11.3. The predicted octanol–water partition coefficient (Wildman–Crippen LogP) is 0.612. The Morgan fingerprint density at radius 1 is 1.27 bits per heavy atom. The molecule has 1 rings (SSSR count). The molecule has 2 N–H and O–H groups in total. The van der Waals surface area contributed by atoms with Gasteiger partial charge in [-0.3, -0.25) is 0 Å². The Morgan fingerprint density at radius 3 is 2.53 bits per heavy atom. The predicted molar refractivity (Wildman–Crippen MR) is 58.4 cm³/mol. The number of aliphatic hydroxyl groups is 1. The molecule has 15 heavy (non-hydrogen) atoms. The third-order valence-corrected chi connectivity index (χ3v) is 2.80. The highest BCUT2D eigenvalue weighted by Gasteiger charge is 2.03. The van der Waals surface area contributed by atoms with Crippen molar-refractivity contribution in [1.82, 2.24) is 4.72 Å². The standard InChI is InChI=1S/C10H13NO3S/c12-7-4-8-15(13,14)11-9-10-5-2-1-3-6-10/h1-6,8,11-12H,7,9H2. The Labute approximate surface area is 89.3 Å². The Hall–Kier alpha value is -1.17. The molecule has 0 saturated heterocycles. The lowest BCUT2D eigenvalue weighted by Gasteiger charge is -2.02. The Morgan fingerprint density at radius 2 is 1.93 bits per heavy atom. The fourth-order valence-electron chi connectivity index (χ4n) is 0.998. The summed E-state index contributed by atoms with van der Waals surface area (Å²) in [5, 5.41) is 9.39. The van der Waals surface area contributed by atoms with Crippen LogP contribution in [-0.4, -0.2) is 20.1 Å². The van der Waals surface area contributed by atoms with E-state index in [2.05, 4.69) is 4.72 Å². The van der Waals surface area contributed by atoms with Gasteiger partial charge in [-0.05, 0) is 11.6 Å². The quantitative estimate of drug-likeness (QED) is 0.774. The smallest absolute Gasteiger partial charge is 0.233 e. The highest BCUT2D eigenvalue weighted by molar-refractivity contribution is 7.92. The highest BCUT2D eigenvalue weighted by Crippen LogP contribution is 1.99. The van der Waals surface area contributed by atoms with Crippen LogP contribution in [0.1, 0.15) is 5.56 Å². The summed E-state index contributed by atoms with van der Waals surface area (Å²) < 4.78 is 24.9. The number of hydrogen-bond acceptors (Lipinski definition) is 3. The summed E-state index contributed by atoms with van der Waals surface area (Å²) in [7, 11) is -3.43. The third-order valence-electron chi connectivity index (χ3n) is 1.70. The SMILES string of the molecule is O=S(=O)(C=CCO)NCc1ccccc1. The maximum Gasteiger partial charge on any atom is 0.233 e. The average molecular weight is 227 g/mol. The lowest BCUT2D eigenvalue weighted by molar-refractivity contribution is 0.343. The van der Waals surface area contributed by atoms with Crippen molar-refractivity contribution in [3.63, 3.8) is 0 Å². The van der Waals surface area contributed by atoms with Crippen LogP contribution in [0.3, 0.4) is 0 Å². The van der Waals surface area contributed by atoms with Gasteiger partial charge in [-0.1, -0.05) is 30.3 Å². The minimum Gasteiger partial charge on any atom is -0.392 e. The van der Waals surface area contributed by atoms with Crippen LogP contribution in [-0.2, 0) is 16.6 Å². The molecule has 0 atom stereocenters. The second-order valence-corrected chi connectivity index (χ2v) is 4.56. The van der Waals surface area contributed by atoms with Crippen LogP contribution < -0.4 is 4.72 Å². The summed E-state index contributed by atoms with van der Waals surface area (Å²) >= 11 is 0. The maximum atomic E-state index is 11.3. The molecule has 0 aliphatic rings. The van der Waals surface area contributed by atoms with Gasteiger partial charge < -0.3 is 5.11 Å². The van der Waals surface area contributed by atoms with E-state index in [9.17, 15) is 8.42 Å². The van der Waals surface area contributed by atoms with Gasteiger partial charge in [-0.15, -0.1) is 0 Å². The van der Waals surface area contributed by atoms with Crippen molar-refractivity contribution in [3.05, 3.63) is 47.4 Å². The van der Waals surface area contributed by atoms with Crippen molar-refractivity contribution in [2.24, 2.45) is 0 Å². The van der Waals surface area contributed by atoms with Crippen LogP contribution in [0.5, 0.6) is 0 Å². The van der Waals surface area contributed by atoms with Gasteiger partial charge in [-0.2, -0.15) is 0 Å². The van der Waals surface area contributed by atoms with Crippen molar-refractivity contribution in [2.45, 2.75) is 6.54 Å². The van der Waals surface area contributed by atoms with Crippen LogP contribution in [0.4, 0.5) is 0 Å². The van der Waals surface area contributed by atoms with Gasteiger partial charge in [0.15, 0.2) is 0 Å². The van der Waals surface area contributed by atoms with Gasteiger partial charge in [0.2, 0.25) is 10.0 Å². The van der Waals surface area contributed by atoms with Gasteiger partial charge >= 0.3 is 0 Å². The van der Waals surface area contributed by atoms with Crippen LogP contribution in [0.15, 0.2) is 41.8 Å². The fraction of sp³-hybridized carbons (Fsp3) is 0.200. The van der Waals surface area contributed by atoms with E-state index in [4.69, 9.17) is 5.11 Å². The molecule has 0 aliphatic carbocycles. The van der Waals surface area contributed by atoms with Gasteiger partial charge in [0.1, 0.15) is 0 Å². The molecule has 0 saturated carbocycles. The lowest BCUT2D eigenvalue weighted by Crippen LogP contribution is -2.20. The van der Waals surface area contributed by atoms with Gasteiger partial charge in [-0.25, -0.2) is 13.1 Å². The first kappa shape index (κ1) is 11.9. The van der Waals surface area contributed by atoms with Crippen molar-refractivity contribution in [1.29, 1.82) is 0 Å². The summed E-state index contributed by atoms with van der Waals surface area (Å²) in [6.45, 7) is -0.0365. The summed E-state index contributed by atoms with van der Waals surface area (Å²) in [5.41, 5.74) is 0.887. The highest BCUT2D eigenvalue weighted by atomic mass is 32.2. The van der Waals surface area contributed by atoms with Crippen LogP contribution in [0.25, 0.3) is 0 Å². The number of hydrogen-bond donors (Lipinski definition) is 2. The number of nitrogens with one attached hydrogen (secondary N) is 1. The summed E-state index contributed by atoms with van der Waals surface area (Å²) in [6.07, 6.45) is 1.17. The summed E-state index contributed by atoms with van der Waals surface area (Å²) in [4.78, 5) is 0. The van der Waals surface area contributed by atoms with E-state index in [0.29, 0.717) is 0 Å². The Bertz CT molecular complexity index is 412. The zero-order valence-electron chi connectivity index (χ0n) is 8.13. The van der Waals surface area contributed by atoms with E-state index in [1.165, 1.54) is 6.08 Å². The van der Waals surface area contributed by atoms with Gasteiger partial charge in [0.25, 0.3) is 0 Å². The van der Waals surface area contributed by atoms with Gasteiger partial charge in [0, 0.05) is 12.0 Å². The van der Waals surface area contributed by atoms with Crippen molar-refractivity contribution in [2.75, 3.05) is 6.61 Å².